The monoisotopic (exact) mass is 256 g/mol. The number of hydrogen-bond donors (Lipinski definition) is 1. The third kappa shape index (κ3) is 3.38. The van der Waals surface area contributed by atoms with Crippen molar-refractivity contribution in [3.8, 4) is 0 Å². The van der Waals surface area contributed by atoms with Crippen LogP contribution in [-0.2, 0) is 16.1 Å². The van der Waals surface area contributed by atoms with Crippen molar-refractivity contribution >= 4 is 18.1 Å². The molecule has 0 bridgehead atoms. The van der Waals surface area contributed by atoms with Crippen LogP contribution in [0.4, 0.5) is 5.69 Å². The van der Waals surface area contributed by atoms with E-state index < -0.39 is 0 Å². The summed E-state index contributed by atoms with van der Waals surface area (Å²) in [7, 11) is 0. The zero-order chi connectivity index (χ0) is 13.5. The highest BCUT2D eigenvalue weighted by Crippen LogP contribution is 2.13. The number of nitrogens with one attached hydrogen (secondary N) is 1. The van der Waals surface area contributed by atoms with Gasteiger partial charge in [-0.15, -0.1) is 0 Å². The Labute approximate surface area is 110 Å². The number of ether oxygens (including phenoxy) is 1. The van der Waals surface area contributed by atoms with Crippen LogP contribution >= 0.6 is 0 Å². The number of carbonyl (C=O) groups is 2. The smallest absolute Gasteiger partial charge is 0.293 e. The first-order valence-electron chi connectivity index (χ1n) is 5.66. The normalized spacial score (nSPS) is 9.68. The first kappa shape index (κ1) is 12.8. The van der Waals surface area contributed by atoms with Gasteiger partial charge in [-0.05, 0) is 18.2 Å². The minimum absolute atomic E-state index is 0.0729. The number of benzene rings is 1. The van der Waals surface area contributed by atoms with Crippen LogP contribution in [0.3, 0.4) is 0 Å². The number of pyridine rings is 1. The number of hydrogen-bond acceptors (Lipinski definition) is 4. The van der Waals surface area contributed by atoms with Gasteiger partial charge in [0.05, 0.1) is 0 Å². The Hall–Kier alpha value is -2.69. The molecular weight excluding hydrogens is 244 g/mol. The van der Waals surface area contributed by atoms with Crippen LogP contribution in [0.1, 0.15) is 15.9 Å². The van der Waals surface area contributed by atoms with E-state index in [-0.39, 0.29) is 12.5 Å². The molecule has 0 atom stereocenters. The maximum Gasteiger partial charge on any atom is 0.293 e. The third-order valence-corrected chi connectivity index (χ3v) is 2.51. The van der Waals surface area contributed by atoms with Gasteiger partial charge in [-0.2, -0.15) is 0 Å². The molecule has 1 heterocycles. The Bertz CT molecular complexity index is 570. The Morgan fingerprint density at radius 3 is 2.68 bits per heavy atom. The second-order valence-corrected chi connectivity index (χ2v) is 3.75. The molecule has 5 heteroatoms. The molecule has 2 aromatic rings. The van der Waals surface area contributed by atoms with Crippen molar-refractivity contribution < 1.29 is 14.3 Å². The van der Waals surface area contributed by atoms with Crippen molar-refractivity contribution in [2.24, 2.45) is 0 Å². The molecule has 0 radical (unpaired) electrons. The summed E-state index contributed by atoms with van der Waals surface area (Å²) < 4.78 is 4.69. The zero-order valence-corrected chi connectivity index (χ0v) is 10.1. The molecule has 1 N–H and O–H groups in total. The summed E-state index contributed by atoms with van der Waals surface area (Å²) in [6.45, 7) is 0.432. The summed E-state index contributed by atoms with van der Waals surface area (Å²) in [6.07, 6.45) is 3.19. The molecule has 0 aliphatic carbocycles. The molecule has 0 fully saturated rings. The van der Waals surface area contributed by atoms with Gasteiger partial charge < -0.3 is 10.1 Å². The number of nitrogens with zero attached hydrogens (tertiary/aromatic N) is 1. The quantitative estimate of drug-likeness (QED) is 0.831. The van der Waals surface area contributed by atoms with Crippen LogP contribution < -0.4 is 5.32 Å². The lowest BCUT2D eigenvalue weighted by atomic mass is 10.1. The molecule has 0 spiro atoms. The zero-order valence-electron chi connectivity index (χ0n) is 10.1. The second kappa shape index (κ2) is 6.30. The van der Waals surface area contributed by atoms with E-state index in [4.69, 9.17) is 4.74 Å². The average Bonchev–Trinajstić information content (AvgIpc) is 2.46. The molecule has 0 aliphatic rings. The summed E-state index contributed by atoms with van der Waals surface area (Å²) in [5.74, 6) is -0.253. The largest absolute Gasteiger partial charge is 0.463 e. The topological polar surface area (TPSA) is 68.3 Å². The number of aromatic nitrogens is 1. The lowest BCUT2D eigenvalue weighted by molar-refractivity contribution is -0.129. The SMILES string of the molecule is O=COCc1ccccc1C(=O)Nc1ccncc1. The van der Waals surface area contributed by atoms with Gasteiger partial charge in [0, 0.05) is 29.2 Å². The van der Waals surface area contributed by atoms with Crippen molar-refractivity contribution in [2.45, 2.75) is 6.61 Å². The van der Waals surface area contributed by atoms with E-state index in [1.807, 2.05) is 0 Å². The molecule has 19 heavy (non-hydrogen) atoms. The van der Waals surface area contributed by atoms with Crippen LogP contribution in [0.5, 0.6) is 0 Å². The van der Waals surface area contributed by atoms with Crippen molar-refractivity contribution in [3.05, 3.63) is 59.9 Å². The van der Waals surface area contributed by atoms with Crippen molar-refractivity contribution in [3.63, 3.8) is 0 Å². The van der Waals surface area contributed by atoms with Crippen LogP contribution in [0.25, 0.3) is 0 Å². The van der Waals surface area contributed by atoms with E-state index in [1.54, 1.807) is 48.8 Å². The molecule has 2 rings (SSSR count). The number of rotatable bonds is 5. The van der Waals surface area contributed by atoms with Gasteiger partial charge in [-0.1, -0.05) is 18.2 Å². The van der Waals surface area contributed by atoms with Crippen molar-refractivity contribution in [1.29, 1.82) is 0 Å². The fraction of sp³-hybridized carbons (Fsp3) is 0.0714. The molecular formula is C14H12N2O3. The summed E-state index contributed by atoms with van der Waals surface area (Å²) in [6, 6.07) is 10.4. The Balaban J connectivity index is 2.16. The van der Waals surface area contributed by atoms with Crippen LogP contribution in [0.15, 0.2) is 48.8 Å². The minimum Gasteiger partial charge on any atom is -0.463 e. The molecule has 1 aromatic heterocycles. The van der Waals surface area contributed by atoms with Gasteiger partial charge in [0.25, 0.3) is 12.4 Å². The van der Waals surface area contributed by atoms with Crippen molar-refractivity contribution in [1.82, 2.24) is 4.98 Å². The summed E-state index contributed by atoms with van der Waals surface area (Å²) in [4.78, 5) is 26.2. The van der Waals surface area contributed by atoms with E-state index in [0.29, 0.717) is 23.3 Å². The average molecular weight is 256 g/mol. The summed E-state index contributed by atoms with van der Waals surface area (Å²) in [5, 5.41) is 2.75. The summed E-state index contributed by atoms with van der Waals surface area (Å²) >= 11 is 0. The predicted octanol–water partition coefficient (Wildman–Crippen LogP) is 2.01. The molecule has 0 aliphatic heterocycles. The van der Waals surface area contributed by atoms with Gasteiger partial charge in [-0.25, -0.2) is 0 Å². The first-order chi connectivity index (χ1) is 9.31. The van der Waals surface area contributed by atoms with Crippen molar-refractivity contribution in [2.75, 3.05) is 5.32 Å². The lowest BCUT2D eigenvalue weighted by Gasteiger charge is -2.09. The molecule has 1 amide bonds. The number of amides is 1. The van der Waals surface area contributed by atoms with Gasteiger partial charge in [0.15, 0.2) is 0 Å². The van der Waals surface area contributed by atoms with Gasteiger partial charge in [-0.3, -0.25) is 14.6 Å². The lowest BCUT2D eigenvalue weighted by Crippen LogP contribution is -2.14. The highest BCUT2D eigenvalue weighted by atomic mass is 16.5. The maximum absolute atomic E-state index is 12.1. The van der Waals surface area contributed by atoms with Gasteiger partial charge >= 0.3 is 0 Å². The van der Waals surface area contributed by atoms with Crippen LogP contribution in [0.2, 0.25) is 0 Å². The standard InChI is InChI=1S/C14H12N2O3/c17-10-19-9-11-3-1-2-4-13(11)14(18)16-12-5-7-15-8-6-12/h1-8,10H,9H2,(H,15,16,18). The Morgan fingerprint density at radius 2 is 1.95 bits per heavy atom. The molecule has 5 nitrogen and oxygen atoms in total. The summed E-state index contributed by atoms with van der Waals surface area (Å²) in [5.41, 5.74) is 1.79. The van der Waals surface area contributed by atoms with E-state index >= 15 is 0 Å². The molecule has 0 saturated carbocycles. The highest BCUT2D eigenvalue weighted by Gasteiger charge is 2.11. The Kier molecular flexibility index (Phi) is 4.23. The Morgan fingerprint density at radius 1 is 1.21 bits per heavy atom. The van der Waals surface area contributed by atoms with Gasteiger partial charge in [0.2, 0.25) is 0 Å². The van der Waals surface area contributed by atoms with E-state index in [0.717, 1.165) is 0 Å². The van der Waals surface area contributed by atoms with Gasteiger partial charge in [0.1, 0.15) is 6.61 Å². The predicted molar refractivity (Wildman–Crippen MR) is 69.5 cm³/mol. The first-order valence-corrected chi connectivity index (χ1v) is 5.66. The molecule has 0 unspecified atom stereocenters. The third-order valence-electron chi connectivity index (χ3n) is 2.51. The maximum atomic E-state index is 12.1. The second-order valence-electron chi connectivity index (χ2n) is 3.75. The fourth-order valence-electron chi connectivity index (χ4n) is 1.63. The fourth-order valence-corrected chi connectivity index (χ4v) is 1.63. The molecule has 96 valence electrons. The molecule has 1 aromatic carbocycles. The molecule has 0 saturated heterocycles. The number of anilines is 1. The number of carbonyl (C=O) groups excluding carboxylic acids is 2. The van der Waals surface area contributed by atoms with Crippen LogP contribution in [0, 0.1) is 0 Å². The van der Waals surface area contributed by atoms with E-state index in [2.05, 4.69) is 10.3 Å². The van der Waals surface area contributed by atoms with E-state index in [9.17, 15) is 9.59 Å². The minimum atomic E-state index is -0.253. The highest BCUT2D eigenvalue weighted by molar-refractivity contribution is 6.05. The van der Waals surface area contributed by atoms with E-state index in [1.165, 1.54) is 0 Å². The van der Waals surface area contributed by atoms with Crippen LogP contribution in [-0.4, -0.2) is 17.4 Å².